The smallest absolute Gasteiger partial charge is 0.270 e. The predicted octanol–water partition coefficient (Wildman–Crippen LogP) is 3.31. The summed E-state index contributed by atoms with van der Waals surface area (Å²) in [4.78, 5) is 19.3. The van der Waals surface area contributed by atoms with Crippen molar-refractivity contribution in [1.82, 2.24) is 20.4 Å². The van der Waals surface area contributed by atoms with Crippen LogP contribution in [0.2, 0.25) is 0 Å². The number of hydrazine groups is 1. The summed E-state index contributed by atoms with van der Waals surface area (Å²) in [6, 6.07) is 14.4. The fourth-order valence-corrected chi connectivity index (χ4v) is 3.66. The number of hydrogen-bond donors (Lipinski definition) is 3. The third-order valence-electron chi connectivity index (χ3n) is 5.21. The Morgan fingerprint density at radius 3 is 2.71 bits per heavy atom. The number of aromatic nitrogens is 2. The normalized spacial score (nSPS) is 13.9. The third kappa shape index (κ3) is 5.14. The predicted molar refractivity (Wildman–Crippen MR) is 121 cm³/mol. The van der Waals surface area contributed by atoms with E-state index in [9.17, 15) is 10.1 Å². The number of rotatable bonds is 8. The Labute approximate surface area is 180 Å². The minimum atomic E-state index is -0.388. The van der Waals surface area contributed by atoms with Crippen LogP contribution < -0.4 is 16.5 Å². The van der Waals surface area contributed by atoms with Gasteiger partial charge in [0.1, 0.15) is 5.82 Å². The SMILES string of the molecule is Nc1ncc(-c2cccc(-c3cccc([N+](=O)[O-])c3)c2)c(NCCCN2CCCN2)n1. The van der Waals surface area contributed by atoms with Crippen LogP contribution in [-0.2, 0) is 0 Å². The molecule has 0 bridgehead atoms. The second-order valence-electron chi connectivity index (χ2n) is 7.41. The summed E-state index contributed by atoms with van der Waals surface area (Å²) in [6.07, 6.45) is 3.85. The van der Waals surface area contributed by atoms with Gasteiger partial charge in [0.2, 0.25) is 5.95 Å². The number of nitrogens with two attached hydrogens (primary N) is 1. The minimum absolute atomic E-state index is 0.0635. The molecule has 1 aliphatic rings. The zero-order valence-electron chi connectivity index (χ0n) is 17.1. The molecule has 160 valence electrons. The lowest BCUT2D eigenvalue weighted by Gasteiger charge is -2.16. The van der Waals surface area contributed by atoms with Gasteiger partial charge in [-0.1, -0.05) is 30.3 Å². The molecule has 0 aliphatic carbocycles. The van der Waals surface area contributed by atoms with E-state index >= 15 is 0 Å². The lowest BCUT2D eigenvalue weighted by molar-refractivity contribution is -0.384. The Morgan fingerprint density at radius 1 is 1.16 bits per heavy atom. The lowest BCUT2D eigenvalue weighted by Crippen LogP contribution is -2.32. The Morgan fingerprint density at radius 2 is 1.94 bits per heavy atom. The van der Waals surface area contributed by atoms with Crippen LogP contribution in [0, 0.1) is 10.1 Å². The molecule has 4 N–H and O–H groups in total. The van der Waals surface area contributed by atoms with Crippen LogP contribution >= 0.6 is 0 Å². The first-order valence-electron chi connectivity index (χ1n) is 10.3. The third-order valence-corrected chi connectivity index (χ3v) is 5.21. The van der Waals surface area contributed by atoms with Gasteiger partial charge in [-0.15, -0.1) is 0 Å². The van der Waals surface area contributed by atoms with Gasteiger partial charge < -0.3 is 11.1 Å². The first kappa shape index (κ1) is 20.7. The van der Waals surface area contributed by atoms with E-state index in [2.05, 4.69) is 25.7 Å². The van der Waals surface area contributed by atoms with Gasteiger partial charge in [0.15, 0.2) is 0 Å². The van der Waals surface area contributed by atoms with Crippen LogP contribution in [0.1, 0.15) is 12.8 Å². The zero-order chi connectivity index (χ0) is 21.6. The van der Waals surface area contributed by atoms with E-state index in [0.717, 1.165) is 54.9 Å². The second kappa shape index (κ2) is 9.50. The molecular formula is C22H25N7O2. The summed E-state index contributed by atoms with van der Waals surface area (Å²) in [5.41, 5.74) is 12.6. The molecule has 2 heterocycles. The second-order valence-corrected chi connectivity index (χ2v) is 7.41. The molecule has 0 amide bonds. The number of nitrogens with one attached hydrogen (secondary N) is 2. The first-order chi connectivity index (χ1) is 15.1. The van der Waals surface area contributed by atoms with Crippen molar-refractivity contribution in [2.75, 3.05) is 37.2 Å². The monoisotopic (exact) mass is 419 g/mol. The molecule has 0 radical (unpaired) electrons. The molecule has 1 fully saturated rings. The highest BCUT2D eigenvalue weighted by atomic mass is 16.6. The largest absolute Gasteiger partial charge is 0.369 e. The van der Waals surface area contributed by atoms with Crippen LogP contribution in [0.15, 0.2) is 54.7 Å². The minimum Gasteiger partial charge on any atom is -0.369 e. The molecule has 0 atom stereocenters. The van der Waals surface area contributed by atoms with Gasteiger partial charge in [0.25, 0.3) is 5.69 Å². The number of nitrogens with zero attached hydrogens (tertiary/aromatic N) is 4. The Balaban J connectivity index is 1.54. The van der Waals surface area contributed by atoms with E-state index in [1.54, 1.807) is 18.3 Å². The summed E-state index contributed by atoms with van der Waals surface area (Å²) < 4.78 is 0. The van der Waals surface area contributed by atoms with E-state index in [4.69, 9.17) is 5.73 Å². The Hall–Kier alpha value is -3.56. The van der Waals surface area contributed by atoms with E-state index in [1.807, 2.05) is 30.3 Å². The van der Waals surface area contributed by atoms with Gasteiger partial charge in [-0.2, -0.15) is 4.98 Å². The summed E-state index contributed by atoms with van der Waals surface area (Å²) >= 11 is 0. The molecule has 3 aromatic rings. The number of anilines is 2. The number of nitro benzene ring substituents is 1. The average Bonchev–Trinajstić information content (AvgIpc) is 3.31. The summed E-state index contributed by atoms with van der Waals surface area (Å²) in [7, 11) is 0. The molecular weight excluding hydrogens is 394 g/mol. The van der Waals surface area contributed by atoms with Crippen LogP contribution in [0.25, 0.3) is 22.3 Å². The molecule has 0 unspecified atom stereocenters. The highest BCUT2D eigenvalue weighted by Gasteiger charge is 2.13. The highest BCUT2D eigenvalue weighted by molar-refractivity contribution is 5.79. The van der Waals surface area contributed by atoms with Gasteiger partial charge >= 0.3 is 0 Å². The van der Waals surface area contributed by atoms with Crippen molar-refractivity contribution in [2.45, 2.75) is 12.8 Å². The lowest BCUT2D eigenvalue weighted by atomic mass is 9.99. The van der Waals surface area contributed by atoms with Crippen molar-refractivity contribution in [2.24, 2.45) is 0 Å². The van der Waals surface area contributed by atoms with Crippen LogP contribution in [0.4, 0.5) is 17.5 Å². The van der Waals surface area contributed by atoms with Gasteiger partial charge in [-0.05, 0) is 35.6 Å². The molecule has 2 aromatic carbocycles. The van der Waals surface area contributed by atoms with Crippen molar-refractivity contribution >= 4 is 17.5 Å². The van der Waals surface area contributed by atoms with Crippen molar-refractivity contribution in [3.05, 3.63) is 64.8 Å². The molecule has 9 nitrogen and oxygen atoms in total. The van der Waals surface area contributed by atoms with Gasteiger partial charge in [-0.3, -0.25) is 15.5 Å². The number of benzene rings is 2. The zero-order valence-corrected chi connectivity index (χ0v) is 17.1. The van der Waals surface area contributed by atoms with Gasteiger partial charge in [0, 0.05) is 50.1 Å². The van der Waals surface area contributed by atoms with Gasteiger partial charge in [0.05, 0.1) is 4.92 Å². The Kier molecular flexibility index (Phi) is 6.34. The maximum Gasteiger partial charge on any atom is 0.270 e. The number of non-ortho nitro benzene ring substituents is 1. The standard InChI is InChI=1S/C22H25N7O2/c23-22-25-15-20(21(27-22)24-9-3-11-28-12-4-10-26-28)18-7-1-5-16(13-18)17-6-2-8-19(14-17)29(30)31/h1-2,5-8,13-15,26H,3-4,9-12H2,(H3,23,24,25,27). The molecule has 31 heavy (non-hydrogen) atoms. The molecule has 9 heteroatoms. The quantitative estimate of drug-likeness (QED) is 0.289. The van der Waals surface area contributed by atoms with Crippen molar-refractivity contribution in [1.29, 1.82) is 0 Å². The van der Waals surface area contributed by atoms with Crippen LogP contribution in [0.5, 0.6) is 0 Å². The first-order valence-corrected chi connectivity index (χ1v) is 10.3. The maximum absolute atomic E-state index is 11.1. The van der Waals surface area contributed by atoms with Crippen molar-refractivity contribution in [3.8, 4) is 22.3 Å². The van der Waals surface area contributed by atoms with E-state index < -0.39 is 0 Å². The van der Waals surface area contributed by atoms with Gasteiger partial charge in [-0.25, -0.2) is 9.99 Å². The van der Waals surface area contributed by atoms with Crippen molar-refractivity contribution in [3.63, 3.8) is 0 Å². The van der Waals surface area contributed by atoms with E-state index in [0.29, 0.717) is 5.82 Å². The van der Waals surface area contributed by atoms with Crippen molar-refractivity contribution < 1.29 is 4.92 Å². The molecule has 1 saturated heterocycles. The average molecular weight is 419 g/mol. The van der Waals surface area contributed by atoms with E-state index in [-0.39, 0.29) is 16.6 Å². The highest BCUT2D eigenvalue weighted by Crippen LogP contribution is 2.31. The number of nitrogen functional groups attached to an aromatic ring is 1. The molecule has 1 aliphatic heterocycles. The van der Waals surface area contributed by atoms with Crippen LogP contribution in [0.3, 0.4) is 0 Å². The number of nitro groups is 1. The topological polar surface area (TPSA) is 122 Å². The summed E-state index contributed by atoms with van der Waals surface area (Å²) in [5.74, 6) is 0.889. The molecule has 0 saturated carbocycles. The summed E-state index contributed by atoms with van der Waals surface area (Å²) in [5, 5.41) is 16.7. The molecule has 1 aromatic heterocycles. The summed E-state index contributed by atoms with van der Waals surface area (Å²) in [6.45, 7) is 3.84. The van der Waals surface area contributed by atoms with E-state index in [1.165, 1.54) is 12.5 Å². The molecule has 0 spiro atoms. The number of hydrogen-bond acceptors (Lipinski definition) is 8. The van der Waals surface area contributed by atoms with Crippen LogP contribution in [-0.4, -0.2) is 46.1 Å². The maximum atomic E-state index is 11.1. The fourth-order valence-electron chi connectivity index (χ4n) is 3.66. The molecule has 4 rings (SSSR count). The fraction of sp³-hybridized carbons (Fsp3) is 0.273. The Bertz CT molecular complexity index is 1070.